The molecular formula is C16H14FN3O. The maximum atomic E-state index is 13.4. The lowest BCUT2D eigenvalue weighted by Crippen LogP contribution is -2.14. The molecule has 2 aromatic carbocycles. The fourth-order valence-electron chi connectivity index (χ4n) is 1.98. The number of amides is 1. The number of nitriles is 1. The van der Waals surface area contributed by atoms with Crippen LogP contribution in [0, 0.1) is 17.1 Å². The van der Waals surface area contributed by atoms with Crippen LogP contribution in [-0.2, 0) is 0 Å². The molecule has 0 aliphatic rings. The Morgan fingerprint density at radius 3 is 2.52 bits per heavy atom. The molecule has 0 aliphatic carbocycles. The molecule has 4 nitrogen and oxygen atoms in total. The van der Waals surface area contributed by atoms with E-state index >= 15 is 0 Å². The molecular weight excluding hydrogens is 269 g/mol. The highest BCUT2D eigenvalue weighted by Crippen LogP contribution is 2.21. The summed E-state index contributed by atoms with van der Waals surface area (Å²) in [5.74, 6) is -1.44. The van der Waals surface area contributed by atoms with Crippen molar-refractivity contribution >= 4 is 11.6 Å². The Kier molecular flexibility index (Phi) is 4.19. The minimum atomic E-state index is -0.804. The van der Waals surface area contributed by atoms with E-state index < -0.39 is 11.7 Å². The second-order valence-corrected chi connectivity index (χ2v) is 4.66. The molecule has 21 heavy (non-hydrogen) atoms. The minimum Gasteiger partial charge on any atom is -0.378 e. The first kappa shape index (κ1) is 14.5. The Morgan fingerprint density at radius 1 is 1.29 bits per heavy atom. The first-order chi connectivity index (χ1) is 10.0. The molecule has 0 bridgehead atoms. The number of primary amides is 1. The van der Waals surface area contributed by atoms with Gasteiger partial charge in [-0.25, -0.2) is 4.39 Å². The lowest BCUT2D eigenvalue weighted by Gasteiger charge is -2.16. The van der Waals surface area contributed by atoms with Gasteiger partial charge in [0.2, 0.25) is 0 Å². The molecule has 2 rings (SSSR count). The van der Waals surface area contributed by atoms with Crippen LogP contribution < -0.4 is 11.1 Å². The van der Waals surface area contributed by atoms with Gasteiger partial charge in [0.05, 0.1) is 17.2 Å². The van der Waals surface area contributed by atoms with Crippen molar-refractivity contribution in [1.82, 2.24) is 0 Å². The van der Waals surface area contributed by atoms with Gasteiger partial charge in [-0.3, -0.25) is 4.79 Å². The summed E-state index contributed by atoms with van der Waals surface area (Å²) in [6.07, 6.45) is 0. The molecule has 0 saturated heterocycles. The van der Waals surface area contributed by atoms with Crippen LogP contribution in [0.4, 0.5) is 10.1 Å². The van der Waals surface area contributed by atoms with E-state index in [1.807, 2.05) is 19.1 Å². The second-order valence-electron chi connectivity index (χ2n) is 4.66. The molecule has 3 N–H and O–H groups in total. The largest absolute Gasteiger partial charge is 0.378 e. The standard InChI is InChI=1S/C16H14FN3O/c1-10(12-4-2-11(9-18)3-5-12)20-13-6-7-15(17)14(8-13)16(19)21/h2-8,10,20H,1H3,(H2,19,21). The van der Waals surface area contributed by atoms with Crippen LogP contribution >= 0.6 is 0 Å². The average Bonchev–Trinajstić information content (AvgIpc) is 2.49. The van der Waals surface area contributed by atoms with Gasteiger partial charge in [0.15, 0.2) is 0 Å². The number of nitrogens with two attached hydrogens (primary N) is 1. The summed E-state index contributed by atoms with van der Waals surface area (Å²) in [7, 11) is 0. The van der Waals surface area contributed by atoms with Gasteiger partial charge in [-0.15, -0.1) is 0 Å². The summed E-state index contributed by atoms with van der Waals surface area (Å²) >= 11 is 0. The number of halogens is 1. The smallest absolute Gasteiger partial charge is 0.251 e. The molecule has 1 unspecified atom stereocenters. The molecule has 5 heteroatoms. The number of anilines is 1. The highest BCUT2D eigenvalue weighted by Gasteiger charge is 2.11. The zero-order chi connectivity index (χ0) is 15.4. The first-order valence-electron chi connectivity index (χ1n) is 6.37. The van der Waals surface area contributed by atoms with Crippen molar-refractivity contribution in [2.75, 3.05) is 5.32 Å². The van der Waals surface area contributed by atoms with Crippen LogP contribution in [0.3, 0.4) is 0 Å². The lowest BCUT2D eigenvalue weighted by atomic mass is 10.1. The summed E-state index contributed by atoms with van der Waals surface area (Å²) in [4.78, 5) is 11.1. The second kappa shape index (κ2) is 6.06. The van der Waals surface area contributed by atoms with Crippen LogP contribution in [0.1, 0.15) is 34.5 Å². The number of nitrogens with zero attached hydrogens (tertiary/aromatic N) is 1. The third-order valence-corrected chi connectivity index (χ3v) is 3.15. The number of rotatable bonds is 4. The van der Waals surface area contributed by atoms with Crippen LogP contribution in [-0.4, -0.2) is 5.91 Å². The fraction of sp³-hybridized carbons (Fsp3) is 0.125. The van der Waals surface area contributed by atoms with Gasteiger partial charge >= 0.3 is 0 Å². The quantitative estimate of drug-likeness (QED) is 0.905. The molecule has 0 aliphatic heterocycles. The number of hydrogen-bond donors (Lipinski definition) is 2. The van der Waals surface area contributed by atoms with Crippen molar-refractivity contribution < 1.29 is 9.18 Å². The van der Waals surface area contributed by atoms with E-state index in [-0.39, 0.29) is 11.6 Å². The van der Waals surface area contributed by atoms with E-state index in [0.717, 1.165) is 5.56 Å². The maximum Gasteiger partial charge on any atom is 0.251 e. The van der Waals surface area contributed by atoms with E-state index in [2.05, 4.69) is 11.4 Å². The molecule has 106 valence electrons. The van der Waals surface area contributed by atoms with Gasteiger partial charge in [-0.2, -0.15) is 5.26 Å². The third-order valence-electron chi connectivity index (χ3n) is 3.15. The number of benzene rings is 2. The number of carbonyl (C=O) groups is 1. The molecule has 0 saturated carbocycles. The van der Waals surface area contributed by atoms with Crippen molar-refractivity contribution in [3.63, 3.8) is 0 Å². The normalized spacial score (nSPS) is 11.5. The monoisotopic (exact) mass is 283 g/mol. The number of hydrogen-bond acceptors (Lipinski definition) is 3. The SMILES string of the molecule is CC(Nc1ccc(F)c(C(N)=O)c1)c1ccc(C#N)cc1. The summed E-state index contributed by atoms with van der Waals surface area (Å²) in [6.45, 7) is 1.93. The summed E-state index contributed by atoms with van der Waals surface area (Å²) in [5, 5.41) is 11.9. The van der Waals surface area contributed by atoms with Gasteiger partial charge in [0.1, 0.15) is 5.82 Å². The first-order valence-corrected chi connectivity index (χ1v) is 6.37. The summed E-state index contributed by atoms with van der Waals surface area (Å²) in [5.41, 5.74) is 7.13. The fourth-order valence-corrected chi connectivity index (χ4v) is 1.98. The van der Waals surface area contributed by atoms with Crippen molar-refractivity contribution in [1.29, 1.82) is 5.26 Å². The Balaban J connectivity index is 2.19. The molecule has 0 spiro atoms. The summed E-state index contributed by atoms with van der Waals surface area (Å²) in [6, 6.07) is 13.3. The van der Waals surface area contributed by atoms with Crippen molar-refractivity contribution in [2.45, 2.75) is 13.0 Å². The van der Waals surface area contributed by atoms with Crippen LogP contribution in [0.25, 0.3) is 0 Å². The molecule has 0 heterocycles. The van der Waals surface area contributed by atoms with Gasteiger partial charge < -0.3 is 11.1 Å². The third kappa shape index (κ3) is 3.37. The molecule has 0 fully saturated rings. The predicted octanol–water partition coefficient (Wildman–Crippen LogP) is 2.97. The summed E-state index contributed by atoms with van der Waals surface area (Å²) < 4.78 is 13.4. The van der Waals surface area contributed by atoms with Crippen LogP contribution in [0.2, 0.25) is 0 Å². The predicted molar refractivity (Wildman–Crippen MR) is 78.1 cm³/mol. The van der Waals surface area contributed by atoms with Crippen molar-refractivity contribution in [3.05, 3.63) is 65.0 Å². The Bertz CT molecular complexity index is 704. The van der Waals surface area contributed by atoms with Crippen LogP contribution in [0.15, 0.2) is 42.5 Å². The maximum absolute atomic E-state index is 13.4. The van der Waals surface area contributed by atoms with Crippen LogP contribution in [0.5, 0.6) is 0 Å². The molecule has 0 aromatic heterocycles. The zero-order valence-electron chi connectivity index (χ0n) is 11.4. The highest BCUT2D eigenvalue weighted by molar-refractivity contribution is 5.94. The average molecular weight is 283 g/mol. The lowest BCUT2D eigenvalue weighted by molar-refractivity contribution is 0.0996. The van der Waals surface area contributed by atoms with Gasteiger partial charge in [0.25, 0.3) is 5.91 Å². The van der Waals surface area contributed by atoms with Gasteiger partial charge in [-0.05, 0) is 42.8 Å². The van der Waals surface area contributed by atoms with Gasteiger partial charge in [0, 0.05) is 11.7 Å². The van der Waals surface area contributed by atoms with Crippen molar-refractivity contribution in [3.8, 4) is 6.07 Å². The molecule has 1 atom stereocenters. The minimum absolute atomic E-state index is 0.0658. The molecule has 2 aromatic rings. The Labute approximate surface area is 122 Å². The van der Waals surface area contributed by atoms with E-state index in [0.29, 0.717) is 11.3 Å². The zero-order valence-corrected chi connectivity index (χ0v) is 11.4. The van der Waals surface area contributed by atoms with E-state index in [1.165, 1.54) is 12.1 Å². The highest BCUT2D eigenvalue weighted by atomic mass is 19.1. The molecule has 1 amide bonds. The Hall–Kier alpha value is -2.87. The molecule has 0 radical (unpaired) electrons. The van der Waals surface area contributed by atoms with Gasteiger partial charge in [-0.1, -0.05) is 12.1 Å². The number of carbonyl (C=O) groups excluding carboxylic acids is 1. The van der Waals surface area contributed by atoms with E-state index in [4.69, 9.17) is 11.0 Å². The van der Waals surface area contributed by atoms with E-state index in [9.17, 15) is 9.18 Å². The Morgan fingerprint density at radius 2 is 1.95 bits per heavy atom. The van der Waals surface area contributed by atoms with E-state index in [1.54, 1.807) is 18.2 Å². The number of nitrogens with one attached hydrogen (secondary N) is 1. The van der Waals surface area contributed by atoms with Crippen molar-refractivity contribution in [2.24, 2.45) is 5.73 Å². The topological polar surface area (TPSA) is 78.9 Å².